The molecule has 1 amide bonds. The molecule has 0 aliphatic carbocycles. The number of aliphatic hydroxyl groups is 5. The van der Waals surface area contributed by atoms with Crippen LogP contribution < -0.4 is 5.32 Å². The Bertz CT molecular complexity index is 914. The van der Waals surface area contributed by atoms with Crippen LogP contribution in [0.1, 0.15) is 206 Å². The quantitative estimate of drug-likeness (QED) is 0.0268. The molecule has 0 aromatic rings. The molecule has 1 heterocycles. The van der Waals surface area contributed by atoms with Gasteiger partial charge in [-0.1, -0.05) is 192 Å². The zero-order valence-electron chi connectivity index (χ0n) is 35.4. The summed E-state index contributed by atoms with van der Waals surface area (Å²) in [6, 6.07) is -0.796. The number of amides is 1. The van der Waals surface area contributed by atoms with E-state index in [1.807, 2.05) is 12.2 Å². The van der Waals surface area contributed by atoms with E-state index in [2.05, 4.69) is 31.3 Å². The Morgan fingerprint density at radius 2 is 1.02 bits per heavy atom. The van der Waals surface area contributed by atoms with Crippen LogP contribution in [0.5, 0.6) is 0 Å². The maximum Gasteiger partial charge on any atom is 0.224 e. The molecule has 1 fully saturated rings. The Balaban J connectivity index is 2.35. The van der Waals surface area contributed by atoms with E-state index in [9.17, 15) is 30.3 Å². The molecule has 7 atom stereocenters. The second-order valence-corrected chi connectivity index (χ2v) is 16.2. The van der Waals surface area contributed by atoms with Crippen LogP contribution in [0.2, 0.25) is 0 Å². The van der Waals surface area contributed by atoms with Gasteiger partial charge >= 0.3 is 0 Å². The number of rotatable bonds is 38. The highest BCUT2D eigenvalue weighted by atomic mass is 16.7. The van der Waals surface area contributed by atoms with Gasteiger partial charge in [0.25, 0.3) is 0 Å². The maximum absolute atomic E-state index is 12.9. The summed E-state index contributed by atoms with van der Waals surface area (Å²) in [5, 5.41) is 54.1. The topological polar surface area (TPSA) is 149 Å². The predicted molar refractivity (Wildman–Crippen MR) is 226 cm³/mol. The molecule has 1 aliphatic heterocycles. The molecule has 0 aromatic heterocycles. The molecular formula is C46H87NO8. The molecule has 1 saturated heterocycles. The van der Waals surface area contributed by atoms with E-state index in [-0.39, 0.29) is 18.9 Å². The van der Waals surface area contributed by atoms with Gasteiger partial charge in [-0.15, -0.1) is 0 Å². The molecule has 1 aliphatic rings. The van der Waals surface area contributed by atoms with Crippen molar-refractivity contribution in [1.82, 2.24) is 5.32 Å². The van der Waals surface area contributed by atoms with Crippen molar-refractivity contribution in [3.8, 4) is 0 Å². The number of nitrogens with one attached hydrogen (secondary N) is 1. The Kier molecular flexibility index (Phi) is 34.7. The van der Waals surface area contributed by atoms with Gasteiger partial charge in [0.2, 0.25) is 5.91 Å². The third-order valence-corrected chi connectivity index (χ3v) is 11.1. The van der Waals surface area contributed by atoms with Crippen LogP contribution in [-0.4, -0.2) is 87.5 Å². The summed E-state index contributed by atoms with van der Waals surface area (Å²) in [5.74, 6) is -0.251. The first-order valence-corrected chi connectivity index (χ1v) is 23.0. The Labute approximate surface area is 337 Å². The molecule has 0 bridgehead atoms. The lowest BCUT2D eigenvalue weighted by molar-refractivity contribution is -0.302. The van der Waals surface area contributed by atoms with Gasteiger partial charge < -0.3 is 40.3 Å². The summed E-state index contributed by atoms with van der Waals surface area (Å²) in [5.41, 5.74) is 0. The molecular weight excluding hydrogens is 695 g/mol. The number of unbranched alkanes of at least 4 members (excludes halogenated alkanes) is 26. The maximum atomic E-state index is 12.9. The second kappa shape index (κ2) is 37.0. The molecule has 9 heteroatoms. The Morgan fingerprint density at radius 1 is 0.600 bits per heavy atom. The largest absolute Gasteiger partial charge is 0.394 e. The smallest absolute Gasteiger partial charge is 0.224 e. The van der Waals surface area contributed by atoms with Crippen molar-refractivity contribution in [2.45, 2.75) is 249 Å². The molecule has 6 N–H and O–H groups in total. The summed E-state index contributed by atoms with van der Waals surface area (Å²) in [4.78, 5) is 12.9. The van der Waals surface area contributed by atoms with E-state index in [4.69, 9.17) is 9.47 Å². The monoisotopic (exact) mass is 782 g/mol. The fourth-order valence-corrected chi connectivity index (χ4v) is 7.30. The van der Waals surface area contributed by atoms with Crippen LogP contribution in [0.15, 0.2) is 24.3 Å². The number of aliphatic hydroxyl groups excluding tert-OH is 5. The van der Waals surface area contributed by atoms with Crippen molar-refractivity contribution in [2.24, 2.45) is 0 Å². The van der Waals surface area contributed by atoms with Crippen molar-refractivity contribution in [1.29, 1.82) is 0 Å². The number of carbonyl (C=O) groups is 1. The lowest BCUT2D eigenvalue weighted by Gasteiger charge is -2.40. The van der Waals surface area contributed by atoms with Crippen LogP contribution in [0.4, 0.5) is 0 Å². The first kappa shape index (κ1) is 51.7. The third-order valence-electron chi connectivity index (χ3n) is 11.1. The summed E-state index contributed by atoms with van der Waals surface area (Å²) in [7, 11) is 0. The average molecular weight is 782 g/mol. The first-order valence-electron chi connectivity index (χ1n) is 23.0. The fourth-order valence-electron chi connectivity index (χ4n) is 7.30. The Morgan fingerprint density at radius 3 is 1.45 bits per heavy atom. The summed E-state index contributed by atoms with van der Waals surface area (Å²) in [6.45, 7) is 3.76. The standard InChI is InChI=1S/C46H87NO8/c1-3-5-7-9-11-13-15-17-18-19-20-21-22-24-26-28-30-32-34-36-42(50)47-39(38-54-46-45(53)44(52)43(51)41(37-48)55-46)40(49)35-33-31-29-27-25-23-16-14-12-10-8-6-4-2/h31-34,39-41,43-46,48-49,51-53H,3-30,35-38H2,1-2H3,(H,47,50)/t39-,40+,41+,43+,44?,45?,46+/m0/s1. The van der Waals surface area contributed by atoms with Crippen LogP contribution in [0, 0.1) is 0 Å². The van der Waals surface area contributed by atoms with Gasteiger partial charge in [0, 0.05) is 6.42 Å². The van der Waals surface area contributed by atoms with Gasteiger partial charge in [-0.25, -0.2) is 0 Å². The lowest BCUT2D eigenvalue weighted by Crippen LogP contribution is -2.60. The minimum atomic E-state index is -1.57. The van der Waals surface area contributed by atoms with Crippen molar-refractivity contribution in [2.75, 3.05) is 13.2 Å². The van der Waals surface area contributed by atoms with E-state index >= 15 is 0 Å². The van der Waals surface area contributed by atoms with Crippen LogP contribution in [-0.2, 0) is 14.3 Å². The highest BCUT2D eigenvalue weighted by Crippen LogP contribution is 2.23. The van der Waals surface area contributed by atoms with Gasteiger partial charge in [0.05, 0.1) is 25.4 Å². The van der Waals surface area contributed by atoms with E-state index in [0.29, 0.717) is 6.42 Å². The minimum absolute atomic E-state index is 0.177. The fraction of sp³-hybridized carbons (Fsp3) is 0.891. The van der Waals surface area contributed by atoms with Gasteiger partial charge in [-0.3, -0.25) is 4.79 Å². The molecule has 0 aromatic carbocycles. The van der Waals surface area contributed by atoms with E-state index < -0.39 is 49.5 Å². The number of hydrogen-bond donors (Lipinski definition) is 6. The normalized spacial score (nSPS) is 21.5. The molecule has 0 radical (unpaired) electrons. The highest BCUT2D eigenvalue weighted by molar-refractivity contribution is 5.77. The van der Waals surface area contributed by atoms with Gasteiger partial charge in [0.15, 0.2) is 6.29 Å². The van der Waals surface area contributed by atoms with Gasteiger partial charge in [-0.05, 0) is 32.1 Å². The summed E-state index contributed by atoms with van der Waals surface area (Å²) < 4.78 is 11.2. The molecule has 0 saturated carbocycles. The van der Waals surface area contributed by atoms with E-state index in [1.165, 1.54) is 154 Å². The summed E-state index contributed by atoms with van der Waals surface area (Å²) in [6.07, 6.45) is 36.6. The third kappa shape index (κ3) is 27.9. The molecule has 324 valence electrons. The zero-order chi connectivity index (χ0) is 40.2. The molecule has 9 nitrogen and oxygen atoms in total. The van der Waals surface area contributed by atoms with E-state index in [1.54, 1.807) is 0 Å². The zero-order valence-corrected chi connectivity index (χ0v) is 35.4. The number of carbonyl (C=O) groups excluding carboxylic acids is 1. The summed E-state index contributed by atoms with van der Waals surface area (Å²) >= 11 is 0. The average Bonchev–Trinajstić information content (AvgIpc) is 3.18. The first-order chi connectivity index (χ1) is 26.8. The van der Waals surface area contributed by atoms with Crippen molar-refractivity contribution < 1.29 is 39.8 Å². The Hall–Kier alpha value is -1.33. The highest BCUT2D eigenvalue weighted by Gasteiger charge is 2.44. The van der Waals surface area contributed by atoms with Crippen LogP contribution in [0.3, 0.4) is 0 Å². The predicted octanol–water partition coefficient (Wildman–Crippen LogP) is 9.50. The molecule has 1 rings (SSSR count). The minimum Gasteiger partial charge on any atom is -0.394 e. The van der Waals surface area contributed by atoms with Gasteiger partial charge in [0.1, 0.15) is 24.4 Å². The molecule has 55 heavy (non-hydrogen) atoms. The second-order valence-electron chi connectivity index (χ2n) is 16.2. The van der Waals surface area contributed by atoms with E-state index in [0.717, 1.165) is 25.7 Å². The van der Waals surface area contributed by atoms with Gasteiger partial charge in [-0.2, -0.15) is 0 Å². The number of ether oxygens (including phenoxy) is 2. The number of allylic oxidation sites excluding steroid dienone is 2. The molecule has 2 unspecified atom stereocenters. The number of hydrogen-bond acceptors (Lipinski definition) is 8. The van der Waals surface area contributed by atoms with Crippen molar-refractivity contribution >= 4 is 5.91 Å². The SMILES string of the molecule is CCCCCCCCCCCCC=CC[C@@H](O)[C@H](CO[C@@H]1O[C@H](CO)[C@@H](O)C(O)C1O)NC(=O)CC=CCCCCCCCCCCCCCCCCCC. The van der Waals surface area contributed by atoms with Crippen LogP contribution in [0.25, 0.3) is 0 Å². The van der Waals surface area contributed by atoms with Crippen molar-refractivity contribution in [3.05, 3.63) is 24.3 Å². The van der Waals surface area contributed by atoms with Crippen molar-refractivity contribution in [3.63, 3.8) is 0 Å². The molecule has 0 spiro atoms. The lowest BCUT2D eigenvalue weighted by atomic mass is 9.99. The van der Waals surface area contributed by atoms with Crippen LogP contribution >= 0.6 is 0 Å².